The summed E-state index contributed by atoms with van der Waals surface area (Å²) >= 11 is 1.77. The molecule has 1 unspecified atom stereocenters. The fourth-order valence-electron chi connectivity index (χ4n) is 1.98. The van der Waals surface area contributed by atoms with E-state index in [1.165, 1.54) is 11.1 Å². The van der Waals surface area contributed by atoms with Crippen molar-refractivity contribution in [1.29, 1.82) is 0 Å². The average molecular weight is 249 g/mol. The fourth-order valence-corrected chi connectivity index (χ4v) is 2.67. The number of thiophene rings is 1. The van der Waals surface area contributed by atoms with Crippen LogP contribution in [0.15, 0.2) is 29.2 Å². The number of nitrogens with one attached hydrogen (secondary N) is 1. The van der Waals surface area contributed by atoms with Gasteiger partial charge in [-0.3, -0.25) is 4.68 Å². The summed E-state index contributed by atoms with van der Waals surface area (Å²) in [5.41, 5.74) is 2.75. The molecule has 4 heteroatoms. The van der Waals surface area contributed by atoms with Crippen LogP contribution in [0.25, 0.3) is 0 Å². The van der Waals surface area contributed by atoms with Crippen LogP contribution in [0.3, 0.4) is 0 Å². The number of aryl methyl sites for hydroxylation is 2. The van der Waals surface area contributed by atoms with Crippen molar-refractivity contribution in [1.82, 2.24) is 15.1 Å². The third kappa shape index (κ3) is 3.68. The molecule has 1 N–H and O–H groups in total. The lowest BCUT2D eigenvalue weighted by molar-refractivity contribution is 0.520. The van der Waals surface area contributed by atoms with Crippen LogP contribution < -0.4 is 5.32 Å². The maximum absolute atomic E-state index is 4.19. The van der Waals surface area contributed by atoms with E-state index in [9.17, 15) is 0 Å². The molecule has 0 bridgehead atoms. The number of nitrogens with zero attached hydrogens (tertiary/aromatic N) is 2. The minimum Gasteiger partial charge on any atom is -0.317 e. The van der Waals surface area contributed by atoms with Crippen LogP contribution in [0.2, 0.25) is 0 Å². The van der Waals surface area contributed by atoms with Gasteiger partial charge in [-0.1, -0.05) is 0 Å². The van der Waals surface area contributed by atoms with E-state index in [0.29, 0.717) is 6.04 Å². The van der Waals surface area contributed by atoms with Gasteiger partial charge < -0.3 is 5.32 Å². The first-order chi connectivity index (χ1) is 8.28. The Balaban J connectivity index is 1.83. The second kappa shape index (κ2) is 5.98. The second-order valence-corrected chi connectivity index (χ2v) is 5.16. The van der Waals surface area contributed by atoms with Crippen LogP contribution >= 0.6 is 11.3 Å². The number of aromatic nitrogens is 2. The summed E-state index contributed by atoms with van der Waals surface area (Å²) in [6, 6.07) is 2.75. The molecule has 0 aromatic carbocycles. The van der Waals surface area contributed by atoms with Crippen molar-refractivity contribution in [3.63, 3.8) is 0 Å². The Morgan fingerprint density at radius 3 is 2.94 bits per heavy atom. The van der Waals surface area contributed by atoms with Crippen molar-refractivity contribution in [3.05, 3.63) is 40.3 Å². The van der Waals surface area contributed by atoms with Gasteiger partial charge >= 0.3 is 0 Å². The van der Waals surface area contributed by atoms with Crippen LogP contribution in [-0.4, -0.2) is 22.9 Å². The molecule has 0 saturated heterocycles. The fraction of sp³-hybridized carbons (Fsp3) is 0.462. The first kappa shape index (κ1) is 12.3. The summed E-state index contributed by atoms with van der Waals surface area (Å²) in [4.78, 5) is 0. The zero-order valence-corrected chi connectivity index (χ0v) is 11.2. The summed E-state index contributed by atoms with van der Waals surface area (Å²) in [6.45, 7) is 0. The largest absolute Gasteiger partial charge is 0.317 e. The first-order valence-corrected chi connectivity index (χ1v) is 6.88. The van der Waals surface area contributed by atoms with E-state index < -0.39 is 0 Å². The highest BCUT2D eigenvalue weighted by Crippen LogP contribution is 2.12. The normalized spacial score (nSPS) is 12.8. The molecule has 0 aliphatic carbocycles. The van der Waals surface area contributed by atoms with E-state index in [1.807, 2.05) is 25.0 Å². The van der Waals surface area contributed by atoms with E-state index in [2.05, 4.69) is 33.4 Å². The highest BCUT2D eigenvalue weighted by Gasteiger charge is 2.08. The maximum atomic E-state index is 4.19. The number of likely N-dealkylation sites (N-methyl/N-ethyl adjacent to an activating group) is 1. The Kier molecular flexibility index (Phi) is 4.34. The SMILES string of the molecule is CNC(CCc1cnn(C)c1)Cc1ccsc1. The molecule has 1 atom stereocenters. The molecule has 0 amide bonds. The van der Waals surface area contributed by atoms with E-state index in [4.69, 9.17) is 0 Å². The molecule has 0 fully saturated rings. The van der Waals surface area contributed by atoms with Crippen molar-refractivity contribution >= 4 is 11.3 Å². The van der Waals surface area contributed by atoms with Gasteiger partial charge in [-0.05, 0) is 54.3 Å². The summed E-state index contributed by atoms with van der Waals surface area (Å²) in [6.07, 6.45) is 7.40. The Hall–Kier alpha value is -1.13. The van der Waals surface area contributed by atoms with E-state index >= 15 is 0 Å². The quantitative estimate of drug-likeness (QED) is 0.851. The van der Waals surface area contributed by atoms with E-state index in [0.717, 1.165) is 19.3 Å². The smallest absolute Gasteiger partial charge is 0.0521 e. The van der Waals surface area contributed by atoms with Gasteiger partial charge in [-0.2, -0.15) is 16.4 Å². The van der Waals surface area contributed by atoms with E-state index in [-0.39, 0.29) is 0 Å². The molecule has 0 spiro atoms. The Bertz CT molecular complexity index is 433. The Morgan fingerprint density at radius 2 is 2.35 bits per heavy atom. The minimum absolute atomic E-state index is 0.546. The highest BCUT2D eigenvalue weighted by atomic mass is 32.1. The van der Waals surface area contributed by atoms with Gasteiger partial charge in [0.05, 0.1) is 6.20 Å². The maximum Gasteiger partial charge on any atom is 0.0521 e. The zero-order valence-electron chi connectivity index (χ0n) is 10.4. The Morgan fingerprint density at radius 1 is 1.47 bits per heavy atom. The summed E-state index contributed by atoms with van der Waals surface area (Å²) in [5.74, 6) is 0. The number of hydrogen-bond acceptors (Lipinski definition) is 3. The number of rotatable bonds is 6. The molecule has 92 valence electrons. The van der Waals surface area contributed by atoms with Crippen LogP contribution in [0.5, 0.6) is 0 Å². The van der Waals surface area contributed by atoms with Gasteiger partial charge in [-0.15, -0.1) is 0 Å². The molecular weight excluding hydrogens is 230 g/mol. The second-order valence-electron chi connectivity index (χ2n) is 4.38. The predicted molar refractivity (Wildman–Crippen MR) is 72.4 cm³/mol. The minimum atomic E-state index is 0.546. The molecular formula is C13H19N3S. The van der Waals surface area contributed by atoms with Crippen LogP contribution in [0.4, 0.5) is 0 Å². The molecule has 0 radical (unpaired) electrons. The van der Waals surface area contributed by atoms with Crippen molar-refractivity contribution in [2.45, 2.75) is 25.3 Å². The van der Waals surface area contributed by atoms with E-state index in [1.54, 1.807) is 11.3 Å². The molecule has 2 aromatic rings. The lowest BCUT2D eigenvalue weighted by Gasteiger charge is -2.14. The van der Waals surface area contributed by atoms with Crippen LogP contribution in [0, 0.1) is 0 Å². The molecule has 2 heterocycles. The summed E-state index contributed by atoms with van der Waals surface area (Å²) in [7, 11) is 4.00. The van der Waals surface area contributed by atoms with Gasteiger partial charge in [-0.25, -0.2) is 0 Å². The average Bonchev–Trinajstić information content (AvgIpc) is 2.96. The standard InChI is InChI=1S/C13H19N3S/c1-14-13(7-11-5-6-17-10-11)4-3-12-8-15-16(2)9-12/h5-6,8-10,13-14H,3-4,7H2,1-2H3. The van der Waals surface area contributed by atoms with Crippen molar-refractivity contribution in [3.8, 4) is 0 Å². The monoisotopic (exact) mass is 249 g/mol. The predicted octanol–water partition coefficient (Wildman–Crippen LogP) is 2.24. The van der Waals surface area contributed by atoms with Gasteiger partial charge in [0.25, 0.3) is 0 Å². The molecule has 2 aromatic heterocycles. The van der Waals surface area contributed by atoms with Gasteiger partial charge in [0.1, 0.15) is 0 Å². The number of hydrogen-bond donors (Lipinski definition) is 1. The van der Waals surface area contributed by atoms with Crippen LogP contribution in [-0.2, 0) is 19.9 Å². The summed E-state index contributed by atoms with van der Waals surface area (Å²) < 4.78 is 1.86. The molecule has 2 rings (SSSR count). The molecule has 0 aliphatic rings. The lowest BCUT2D eigenvalue weighted by Crippen LogP contribution is -2.27. The molecule has 0 aliphatic heterocycles. The third-order valence-electron chi connectivity index (χ3n) is 3.01. The van der Waals surface area contributed by atoms with Crippen molar-refractivity contribution in [2.24, 2.45) is 7.05 Å². The highest BCUT2D eigenvalue weighted by molar-refractivity contribution is 7.07. The van der Waals surface area contributed by atoms with Gasteiger partial charge in [0, 0.05) is 19.3 Å². The zero-order chi connectivity index (χ0) is 12.1. The van der Waals surface area contributed by atoms with Crippen molar-refractivity contribution < 1.29 is 0 Å². The van der Waals surface area contributed by atoms with Crippen LogP contribution in [0.1, 0.15) is 17.5 Å². The molecule has 0 saturated carbocycles. The lowest BCUT2D eigenvalue weighted by atomic mass is 10.0. The molecule has 17 heavy (non-hydrogen) atoms. The van der Waals surface area contributed by atoms with Gasteiger partial charge in [0.2, 0.25) is 0 Å². The van der Waals surface area contributed by atoms with Crippen molar-refractivity contribution in [2.75, 3.05) is 7.05 Å². The van der Waals surface area contributed by atoms with Gasteiger partial charge in [0.15, 0.2) is 0 Å². The Labute approximate surface area is 106 Å². The first-order valence-electron chi connectivity index (χ1n) is 5.94. The summed E-state index contributed by atoms with van der Waals surface area (Å²) in [5, 5.41) is 12.0. The molecule has 3 nitrogen and oxygen atoms in total. The third-order valence-corrected chi connectivity index (χ3v) is 3.74. The topological polar surface area (TPSA) is 29.9 Å².